The lowest BCUT2D eigenvalue weighted by Crippen LogP contribution is -2.40. The fourth-order valence-corrected chi connectivity index (χ4v) is 5.18. The van der Waals surface area contributed by atoms with Crippen LogP contribution < -0.4 is 10.6 Å². The first-order chi connectivity index (χ1) is 13.8. The molecule has 1 saturated heterocycles. The topological polar surface area (TPSA) is 87.7 Å². The van der Waals surface area contributed by atoms with Gasteiger partial charge in [0, 0.05) is 34.5 Å². The van der Waals surface area contributed by atoms with Gasteiger partial charge >= 0.3 is 0 Å². The van der Waals surface area contributed by atoms with Crippen LogP contribution in [0.5, 0.6) is 0 Å². The molecular weight excluding hydrogens is 461 g/mol. The molecule has 0 atom stereocenters. The molecule has 0 spiro atoms. The summed E-state index contributed by atoms with van der Waals surface area (Å²) in [5.74, 6) is -0.377. The molecule has 0 unspecified atom stereocenters. The number of ether oxygens (including phenoxy) is 1. The number of morpholine rings is 1. The Balaban J connectivity index is 1.69. The van der Waals surface area contributed by atoms with Crippen molar-refractivity contribution < 1.29 is 17.9 Å². The molecule has 0 radical (unpaired) electrons. The van der Waals surface area contributed by atoms with Gasteiger partial charge in [-0.2, -0.15) is 4.31 Å². The first kappa shape index (κ1) is 22.1. The SMILES string of the molecule is O=C(CNc1cc(Cl)cc(Cl)c1)Nc1ccc(Cl)c(S(=O)(=O)N2CCOCC2)c1. The minimum absolute atomic E-state index is 0.0616. The molecule has 0 aliphatic carbocycles. The zero-order chi connectivity index (χ0) is 21.0. The molecule has 1 amide bonds. The van der Waals surface area contributed by atoms with Crippen LogP contribution in [0.3, 0.4) is 0 Å². The molecule has 3 rings (SSSR count). The lowest BCUT2D eigenvalue weighted by atomic mass is 10.3. The van der Waals surface area contributed by atoms with E-state index in [2.05, 4.69) is 10.6 Å². The number of nitrogens with one attached hydrogen (secondary N) is 2. The zero-order valence-electron chi connectivity index (χ0n) is 15.1. The normalized spacial score (nSPS) is 15.1. The number of halogens is 3. The number of anilines is 2. The van der Waals surface area contributed by atoms with E-state index in [1.807, 2.05) is 0 Å². The molecule has 1 aliphatic rings. The summed E-state index contributed by atoms with van der Waals surface area (Å²) < 4.78 is 32.2. The Kier molecular flexibility index (Phi) is 7.26. The summed E-state index contributed by atoms with van der Waals surface area (Å²) in [5, 5.41) is 6.52. The minimum Gasteiger partial charge on any atom is -0.379 e. The minimum atomic E-state index is -3.79. The van der Waals surface area contributed by atoms with Crippen LogP contribution in [-0.4, -0.2) is 51.5 Å². The van der Waals surface area contributed by atoms with E-state index in [9.17, 15) is 13.2 Å². The Bertz CT molecular complexity index is 991. The van der Waals surface area contributed by atoms with Crippen molar-refractivity contribution >= 4 is 62.1 Å². The Hall–Kier alpha value is -1.55. The molecule has 0 bridgehead atoms. The Morgan fingerprint density at radius 1 is 1.00 bits per heavy atom. The summed E-state index contributed by atoms with van der Waals surface area (Å²) in [5.41, 5.74) is 0.904. The molecule has 11 heteroatoms. The van der Waals surface area contributed by atoms with E-state index in [0.29, 0.717) is 34.6 Å². The number of rotatable bonds is 6. The Morgan fingerprint density at radius 2 is 1.66 bits per heavy atom. The fraction of sp³-hybridized carbons (Fsp3) is 0.278. The van der Waals surface area contributed by atoms with Gasteiger partial charge in [0.05, 0.1) is 24.8 Å². The van der Waals surface area contributed by atoms with Crippen molar-refractivity contribution in [3.8, 4) is 0 Å². The molecule has 1 heterocycles. The van der Waals surface area contributed by atoms with Crippen LogP contribution >= 0.6 is 34.8 Å². The van der Waals surface area contributed by atoms with Gasteiger partial charge in [0.2, 0.25) is 15.9 Å². The number of carbonyl (C=O) groups excluding carboxylic acids is 1. The summed E-state index contributed by atoms with van der Waals surface area (Å²) in [6, 6.07) is 9.18. The van der Waals surface area contributed by atoms with E-state index < -0.39 is 10.0 Å². The quantitative estimate of drug-likeness (QED) is 0.661. The second-order valence-electron chi connectivity index (χ2n) is 6.22. The monoisotopic (exact) mass is 477 g/mol. The molecule has 0 saturated carbocycles. The number of carbonyl (C=O) groups is 1. The maximum absolute atomic E-state index is 12.9. The van der Waals surface area contributed by atoms with Crippen LogP contribution in [0.2, 0.25) is 15.1 Å². The van der Waals surface area contributed by atoms with Crippen LogP contribution in [0.25, 0.3) is 0 Å². The van der Waals surface area contributed by atoms with Crippen LogP contribution in [0.4, 0.5) is 11.4 Å². The van der Waals surface area contributed by atoms with Crippen LogP contribution in [-0.2, 0) is 19.6 Å². The third-order valence-electron chi connectivity index (χ3n) is 4.12. The summed E-state index contributed by atoms with van der Waals surface area (Å²) >= 11 is 18.0. The van der Waals surface area contributed by atoms with Gasteiger partial charge in [0.1, 0.15) is 4.90 Å². The number of hydrogen-bond donors (Lipinski definition) is 2. The highest BCUT2D eigenvalue weighted by Crippen LogP contribution is 2.28. The molecule has 29 heavy (non-hydrogen) atoms. The highest BCUT2D eigenvalue weighted by Gasteiger charge is 2.28. The predicted molar refractivity (Wildman–Crippen MR) is 115 cm³/mol. The fourth-order valence-electron chi connectivity index (χ4n) is 2.75. The number of sulfonamides is 1. The van der Waals surface area contributed by atoms with Crippen molar-refractivity contribution in [2.75, 3.05) is 43.5 Å². The summed E-state index contributed by atoms with van der Waals surface area (Å²) in [4.78, 5) is 12.2. The van der Waals surface area contributed by atoms with E-state index >= 15 is 0 Å². The van der Waals surface area contributed by atoms with Gasteiger partial charge < -0.3 is 15.4 Å². The second-order valence-corrected chi connectivity index (χ2v) is 9.41. The molecule has 2 aromatic rings. The van der Waals surface area contributed by atoms with Crippen molar-refractivity contribution in [2.45, 2.75) is 4.90 Å². The predicted octanol–water partition coefficient (Wildman–Crippen LogP) is 3.72. The lowest BCUT2D eigenvalue weighted by molar-refractivity contribution is -0.114. The van der Waals surface area contributed by atoms with Gasteiger partial charge in [0.25, 0.3) is 0 Å². The van der Waals surface area contributed by atoms with Crippen molar-refractivity contribution in [2.24, 2.45) is 0 Å². The molecule has 1 fully saturated rings. The first-order valence-electron chi connectivity index (χ1n) is 8.63. The highest BCUT2D eigenvalue weighted by molar-refractivity contribution is 7.89. The largest absolute Gasteiger partial charge is 0.379 e. The van der Waals surface area contributed by atoms with Crippen molar-refractivity contribution in [1.29, 1.82) is 0 Å². The van der Waals surface area contributed by atoms with Gasteiger partial charge in [0.15, 0.2) is 0 Å². The molecule has 156 valence electrons. The zero-order valence-corrected chi connectivity index (χ0v) is 18.2. The first-order valence-corrected chi connectivity index (χ1v) is 11.2. The maximum Gasteiger partial charge on any atom is 0.244 e. The molecular formula is C18H18Cl3N3O4S. The molecule has 0 aromatic heterocycles. The van der Waals surface area contributed by atoms with Gasteiger partial charge in [-0.1, -0.05) is 34.8 Å². The average molecular weight is 479 g/mol. The van der Waals surface area contributed by atoms with Crippen molar-refractivity contribution in [3.63, 3.8) is 0 Å². The summed E-state index contributed by atoms with van der Waals surface area (Å²) in [6.45, 7) is 1.09. The number of nitrogens with zero attached hydrogens (tertiary/aromatic N) is 1. The van der Waals surface area contributed by atoms with E-state index in [4.69, 9.17) is 39.5 Å². The summed E-state index contributed by atoms with van der Waals surface area (Å²) in [6.07, 6.45) is 0. The van der Waals surface area contributed by atoms with Crippen molar-refractivity contribution in [1.82, 2.24) is 4.31 Å². The maximum atomic E-state index is 12.9. The standard InChI is InChI=1S/C18H18Cl3N3O4S/c19-12-7-13(20)9-15(8-12)22-11-18(25)23-14-1-2-16(21)17(10-14)29(26,27)24-3-5-28-6-4-24/h1-2,7-10,22H,3-6,11H2,(H,23,25). The highest BCUT2D eigenvalue weighted by atomic mass is 35.5. The number of amides is 1. The Morgan fingerprint density at radius 3 is 2.31 bits per heavy atom. The summed E-state index contributed by atoms with van der Waals surface area (Å²) in [7, 11) is -3.79. The lowest BCUT2D eigenvalue weighted by Gasteiger charge is -2.26. The van der Waals surface area contributed by atoms with Gasteiger partial charge in [-0.15, -0.1) is 0 Å². The van der Waals surface area contributed by atoms with Crippen molar-refractivity contribution in [3.05, 3.63) is 51.5 Å². The van der Waals surface area contributed by atoms with E-state index in [1.54, 1.807) is 18.2 Å². The van der Waals surface area contributed by atoms with E-state index in [-0.39, 0.29) is 35.5 Å². The third-order valence-corrected chi connectivity index (χ3v) is 6.94. The van der Waals surface area contributed by atoms with Crippen LogP contribution in [0.15, 0.2) is 41.3 Å². The molecule has 2 N–H and O–H groups in total. The Labute approximate surface area is 183 Å². The number of benzene rings is 2. The second kappa shape index (κ2) is 9.51. The van der Waals surface area contributed by atoms with Gasteiger partial charge in [-0.05, 0) is 36.4 Å². The average Bonchev–Trinajstić information content (AvgIpc) is 2.68. The number of hydrogen-bond acceptors (Lipinski definition) is 5. The molecule has 1 aliphatic heterocycles. The van der Waals surface area contributed by atoms with Crippen LogP contribution in [0.1, 0.15) is 0 Å². The third kappa shape index (κ3) is 5.75. The molecule has 7 nitrogen and oxygen atoms in total. The van der Waals surface area contributed by atoms with Gasteiger partial charge in [-0.25, -0.2) is 8.42 Å². The van der Waals surface area contributed by atoms with E-state index in [0.717, 1.165) is 0 Å². The smallest absolute Gasteiger partial charge is 0.244 e. The van der Waals surface area contributed by atoms with E-state index in [1.165, 1.54) is 22.5 Å². The van der Waals surface area contributed by atoms with Gasteiger partial charge in [-0.3, -0.25) is 4.79 Å². The molecule has 2 aromatic carbocycles. The van der Waals surface area contributed by atoms with Crippen LogP contribution in [0, 0.1) is 0 Å².